The molecule has 3 nitrogen and oxygen atoms in total. The Kier molecular flexibility index (Phi) is 3.39. The summed E-state index contributed by atoms with van der Waals surface area (Å²) >= 11 is 0. The van der Waals surface area contributed by atoms with Gasteiger partial charge in [0.25, 0.3) is 0 Å². The lowest BCUT2D eigenvalue weighted by atomic mass is 9.74. The van der Waals surface area contributed by atoms with E-state index in [0.29, 0.717) is 13.1 Å². The molecule has 0 bridgehead atoms. The van der Waals surface area contributed by atoms with Gasteiger partial charge in [0.2, 0.25) is 0 Å². The fraction of sp³-hybridized carbons (Fsp3) is 1.00. The molecule has 2 aliphatic rings. The van der Waals surface area contributed by atoms with Crippen molar-refractivity contribution in [3.63, 3.8) is 0 Å². The molecule has 2 rings (SSSR count). The minimum Gasteiger partial charge on any atom is -0.333 e. The molecule has 0 radical (unpaired) electrons. The van der Waals surface area contributed by atoms with Crippen LogP contribution in [0.4, 0.5) is 13.2 Å². The number of halogens is 3. The van der Waals surface area contributed by atoms with Gasteiger partial charge in [-0.3, -0.25) is 4.90 Å². The molecular weight excluding hydrogens is 195 g/mol. The predicted octanol–water partition coefficient (Wildman–Crippen LogP) is 0.0288. The van der Waals surface area contributed by atoms with Crippen molar-refractivity contribution < 1.29 is 13.2 Å². The maximum atomic E-state index is 11.8. The molecule has 0 aromatic carbocycles. The molecule has 84 valence electrons. The molecule has 2 saturated heterocycles. The van der Waals surface area contributed by atoms with Crippen LogP contribution in [0, 0.1) is 5.41 Å². The SMILES string of the molecule is CN.FC(F)(F)CN1CC2(CNC2)C1. The number of nitrogens with one attached hydrogen (secondary N) is 1. The van der Waals surface area contributed by atoms with Crippen LogP contribution in [0.2, 0.25) is 0 Å². The summed E-state index contributed by atoms with van der Waals surface area (Å²) in [6, 6.07) is 0. The second-order valence-electron chi connectivity index (χ2n) is 3.86. The highest BCUT2D eigenvalue weighted by Gasteiger charge is 2.49. The van der Waals surface area contributed by atoms with E-state index in [4.69, 9.17) is 0 Å². The minimum absolute atomic E-state index is 0.200. The summed E-state index contributed by atoms with van der Waals surface area (Å²) in [7, 11) is 1.50. The molecule has 0 aliphatic carbocycles. The molecule has 0 atom stereocenters. The van der Waals surface area contributed by atoms with Gasteiger partial charge in [-0.15, -0.1) is 0 Å². The lowest BCUT2D eigenvalue weighted by Gasteiger charge is -2.56. The van der Waals surface area contributed by atoms with Crippen molar-refractivity contribution in [1.82, 2.24) is 10.2 Å². The van der Waals surface area contributed by atoms with Gasteiger partial charge in [0.1, 0.15) is 0 Å². The van der Waals surface area contributed by atoms with E-state index in [1.54, 1.807) is 0 Å². The van der Waals surface area contributed by atoms with E-state index in [2.05, 4.69) is 11.1 Å². The number of alkyl halides is 3. The number of likely N-dealkylation sites (tertiary alicyclic amines) is 1. The number of nitrogens with zero attached hydrogens (tertiary/aromatic N) is 1. The highest BCUT2D eigenvalue weighted by Crippen LogP contribution is 2.35. The van der Waals surface area contributed by atoms with E-state index in [1.807, 2.05) is 0 Å². The number of hydrogen-bond acceptors (Lipinski definition) is 3. The summed E-state index contributed by atoms with van der Waals surface area (Å²) in [6.45, 7) is 2.26. The number of nitrogens with two attached hydrogens (primary N) is 1. The Labute approximate surface area is 81.4 Å². The quantitative estimate of drug-likeness (QED) is 0.643. The summed E-state index contributed by atoms with van der Waals surface area (Å²) in [6.07, 6.45) is -4.03. The Bertz CT molecular complexity index is 181. The lowest BCUT2D eigenvalue weighted by molar-refractivity contribution is -0.174. The van der Waals surface area contributed by atoms with Crippen LogP contribution >= 0.6 is 0 Å². The van der Waals surface area contributed by atoms with Crippen molar-refractivity contribution in [3.05, 3.63) is 0 Å². The molecule has 0 aromatic rings. The third kappa shape index (κ3) is 2.59. The topological polar surface area (TPSA) is 41.3 Å². The van der Waals surface area contributed by atoms with Crippen LogP contribution in [0.5, 0.6) is 0 Å². The highest BCUT2D eigenvalue weighted by molar-refractivity contribution is 5.04. The number of rotatable bonds is 1. The summed E-state index contributed by atoms with van der Waals surface area (Å²) in [4.78, 5) is 1.46. The van der Waals surface area contributed by atoms with Crippen molar-refractivity contribution in [2.75, 3.05) is 39.8 Å². The zero-order valence-corrected chi connectivity index (χ0v) is 8.19. The zero-order chi connectivity index (χ0) is 10.8. The first-order chi connectivity index (χ1) is 6.49. The minimum atomic E-state index is -4.03. The Morgan fingerprint density at radius 1 is 1.29 bits per heavy atom. The van der Waals surface area contributed by atoms with E-state index in [1.165, 1.54) is 11.9 Å². The van der Waals surface area contributed by atoms with Gasteiger partial charge in [0.05, 0.1) is 6.54 Å². The van der Waals surface area contributed by atoms with Gasteiger partial charge in [-0.05, 0) is 7.05 Å². The third-order valence-electron chi connectivity index (χ3n) is 2.52. The maximum Gasteiger partial charge on any atom is 0.401 e. The molecule has 3 N–H and O–H groups in total. The second kappa shape index (κ2) is 4.04. The summed E-state index contributed by atoms with van der Waals surface area (Å²) < 4.78 is 35.5. The van der Waals surface area contributed by atoms with Gasteiger partial charge in [-0.2, -0.15) is 13.2 Å². The predicted molar refractivity (Wildman–Crippen MR) is 47.9 cm³/mol. The summed E-state index contributed by atoms with van der Waals surface area (Å²) in [5.41, 5.74) is 4.70. The monoisotopic (exact) mass is 211 g/mol. The Morgan fingerprint density at radius 2 is 1.79 bits per heavy atom. The second-order valence-corrected chi connectivity index (χ2v) is 3.86. The number of hydrogen-bond donors (Lipinski definition) is 2. The average molecular weight is 211 g/mol. The van der Waals surface area contributed by atoms with Gasteiger partial charge < -0.3 is 11.1 Å². The van der Waals surface area contributed by atoms with Gasteiger partial charge in [0.15, 0.2) is 0 Å². The van der Waals surface area contributed by atoms with E-state index in [-0.39, 0.29) is 5.41 Å². The summed E-state index contributed by atoms with van der Waals surface area (Å²) in [5.74, 6) is 0. The Morgan fingerprint density at radius 3 is 2.07 bits per heavy atom. The smallest absolute Gasteiger partial charge is 0.333 e. The molecule has 1 spiro atoms. The van der Waals surface area contributed by atoms with Gasteiger partial charge in [-0.25, -0.2) is 0 Å². The van der Waals surface area contributed by atoms with Crippen molar-refractivity contribution in [3.8, 4) is 0 Å². The fourth-order valence-electron chi connectivity index (χ4n) is 1.97. The van der Waals surface area contributed by atoms with E-state index in [9.17, 15) is 13.2 Å². The van der Waals surface area contributed by atoms with Gasteiger partial charge in [-0.1, -0.05) is 0 Å². The van der Waals surface area contributed by atoms with E-state index < -0.39 is 12.7 Å². The van der Waals surface area contributed by atoms with Crippen LogP contribution in [0.3, 0.4) is 0 Å². The van der Waals surface area contributed by atoms with Crippen LogP contribution in [-0.4, -0.2) is 50.8 Å². The van der Waals surface area contributed by atoms with Crippen molar-refractivity contribution >= 4 is 0 Å². The Balaban J connectivity index is 0.000000461. The molecule has 0 aromatic heterocycles. The van der Waals surface area contributed by atoms with Crippen molar-refractivity contribution in [1.29, 1.82) is 0 Å². The normalized spacial score (nSPS) is 24.6. The van der Waals surface area contributed by atoms with Gasteiger partial charge in [0, 0.05) is 31.6 Å². The standard InChI is InChI=1S/C7H11F3N2.CH5N/c8-7(9,10)5-12-3-6(4-12)1-11-2-6;1-2/h11H,1-5H2;2H2,1H3. The molecule has 6 heteroatoms. The zero-order valence-electron chi connectivity index (χ0n) is 8.19. The van der Waals surface area contributed by atoms with Crippen LogP contribution in [0.25, 0.3) is 0 Å². The van der Waals surface area contributed by atoms with Crippen molar-refractivity contribution in [2.45, 2.75) is 6.18 Å². The van der Waals surface area contributed by atoms with Gasteiger partial charge >= 0.3 is 6.18 Å². The van der Waals surface area contributed by atoms with Crippen LogP contribution in [-0.2, 0) is 0 Å². The average Bonchev–Trinajstić information content (AvgIpc) is 1.94. The first-order valence-corrected chi connectivity index (χ1v) is 4.57. The fourth-order valence-corrected chi connectivity index (χ4v) is 1.97. The molecule has 2 heterocycles. The molecule has 2 aliphatic heterocycles. The first-order valence-electron chi connectivity index (χ1n) is 4.57. The lowest BCUT2D eigenvalue weighted by Crippen LogP contribution is -2.71. The highest BCUT2D eigenvalue weighted by atomic mass is 19.4. The Hall–Kier alpha value is -0.330. The maximum absolute atomic E-state index is 11.8. The summed E-state index contributed by atoms with van der Waals surface area (Å²) in [5, 5.41) is 3.08. The van der Waals surface area contributed by atoms with E-state index in [0.717, 1.165) is 13.1 Å². The van der Waals surface area contributed by atoms with Crippen LogP contribution in [0.15, 0.2) is 0 Å². The van der Waals surface area contributed by atoms with Crippen LogP contribution < -0.4 is 11.1 Å². The van der Waals surface area contributed by atoms with E-state index >= 15 is 0 Å². The van der Waals surface area contributed by atoms with Crippen LogP contribution in [0.1, 0.15) is 0 Å². The molecular formula is C8H16F3N3. The molecule has 14 heavy (non-hydrogen) atoms. The molecule has 0 unspecified atom stereocenters. The molecule has 0 amide bonds. The van der Waals surface area contributed by atoms with Crippen molar-refractivity contribution in [2.24, 2.45) is 11.1 Å². The largest absolute Gasteiger partial charge is 0.401 e. The molecule has 0 saturated carbocycles. The third-order valence-corrected chi connectivity index (χ3v) is 2.52. The molecule has 2 fully saturated rings. The first kappa shape index (κ1) is 11.7.